The van der Waals surface area contributed by atoms with Gasteiger partial charge in [-0.1, -0.05) is 93.5 Å². The zero-order valence-corrected chi connectivity index (χ0v) is 61.8. The molecule has 94 heavy (non-hydrogen) atoms. The molecule has 9 amide bonds. The minimum atomic E-state index is -2.61. The number of hydrogen-bond donors (Lipinski definition) is 6. The van der Waals surface area contributed by atoms with Gasteiger partial charge in [-0.25, -0.2) is 0 Å². The monoisotopic (exact) mass is 1340 g/mol. The number of aldehydes is 1. The number of carbonyl (C=O) groups is 11. The summed E-state index contributed by atoms with van der Waals surface area (Å²) in [6.07, 6.45) is 10.1. The number of nitrogens with two attached hydrogens (primary N) is 1. The van der Waals surface area contributed by atoms with Gasteiger partial charge in [0.15, 0.2) is 5.78 Å². The number of nitrogens with one attached hydrogen (secondary N) is 5. The average molecular weight is 1340 g/mol. The lowest BCUT2D eigenvalue weighted by atomic mass is 9.67. The highest BCUT2D eigenvalue weighted by Crippen LogP contribution is 2.47. The number of Topliss-reactive ketones (excluding diaryl/α,β-unsaturated/α-hetero) is 1. The molecule has 25 heteroatoms. The molecule has 1 aliphatic heterocycles. The van der Waals surface area contributed by atoms with Gasteiger partial charge >= 0.3 is 0 Å². The van der Waals surface area contributed by atoms with Crippen molar-refractivity contribution >= 4 is 80.8 Å². The number of amides is 9. The van der Waals surface area contributed by atoms with Crippen LogP contribution >= 0.6 is 7.26 Å². The second-order valence-corrected chi connectivity index (χ2v) is 27.8. The van der Waals surface area contributed by atoms with Crippen molar-refractivity contribution in [2.75, 3.05) is 87.3 Å². The van der Waals surface area contributed by atoms with Crippen molar-refractivity contribution in [3.8, 4) is 5.75 Å². The van der Waals surface area contributed by atoms with Gasteiger partial charge in [-0.2, -0.15) is 0 Å². The lowest BCUT2D eigenvalue weighted by molar-refractivity contribution is -0.150. The molecule has 23 nitrogen and oxygen atoms in total. The fraction of sp³-hybridized carbons (Fsp3) is 0.652. The summed E-state index contributed by atoms with van der Waals surface area (Å²) in [6, 6.07) is 5.48. The normalized spacial score (nSPS) is 13.8. The topological polar surface area (TPSA) is 315 Å². The number of hydrogen-bond acceptors (Lipinski definition) is 14. The first-order chi connectivity index (χ1) is 44.5. The van der Waals surface area contributed by atoms with Crippen LogP contribution in [0.2, 0.25) is 0 Å². The molecule has 1 aromatic carbocycles. The molecule has 1 unspecified atom stereocenters. The predicted molar refractivity (Wildman–Crippen MR) is 380 cm³/mol. The molecule has 7 N–H and O–H groups in total. The predicted octanol–water partition coefficient (Wildman–Crippen LogP) is 6.86. The van der Waals surface area contributed by atoms with Crippen LogP contribution in [0.3, 0.4) is 0 Å². The highest BCUT2D eigenvalue weighted by atomic mass is 31.2. The summed E-state index contributed by atoms with van der Waals surface area (Å²) in [5.41, 5.74) is 2.75. The number of primary amides is 1. The first-order valence-corrected chi connectivity index (χ1v) is 36.5. The Kier molecular flexibility index (Phi) is 52.8. The Bertz CT molecular complexity index is 2510. The maximum absolute atomic E-state index is 15.0. The van der Waals surface area contributed by atoms with Crippen LogP contribution in [0.15, 0.2) is 61.4 Å². The van der Waals surface area contributed by atoms with Crippen molar-refractivity contribution in [1.29, 1.82) is 0 Å². The quantitative estimate of drug-likeness (QED) is 0.0135. The second-order valence-electron chi connectivity index (χ2n) is 22.8. The number of unbranched alkanes of at least 4 members (excludes halogenated alkanes) is 3. The van der Waals surface area contributed by atoms with Gasteiger partial charge in [-0.3, -0.25) is 52.9 Å². The molecule has 3 rings (SSSR count). The third-order valence-electron chi connectivity index (χ3n) is 14.5. The van der Waals surface area contributed by atoms with Gasteiger partial charge in [-0.05, 0) is 101 Å². The minimum absolute atomic E-state index is 0.0348. The molecule has 2 aromatic rings. The Morgan fingerprint density at radius 1 is 0.777 bits per heavy atom. The Morgan fingerprint density at radius 2 is 1.34 bits per heavy atom. The smallest absolute Gasteiger partial charge is 0.245 e. The Morgan fingerprint density at radius 3 is 1.83 bits per heavy atom. The van der Waals surface area contributed by atoms with Gasteiger partial charge in [0.2, 0.25) is 53.7 Å². The number of ketones is 1. The summed E-state index contributed by atoms with van der Waals surface area (Å²) in [5, 5.41) is 13.2. The van der Waals surface area contributed by atoms with Crippen molar-refractivity contribution in [2.45, 2.75) is 197 Å². The molecule has 1 fully saturated rings. The number of ether oxygens (including phenoxy) is 2. The standard InChI is InChI=1S/C56H86BN10O12P.C3H6.C2H4O.4C2H6/c1-11-43(61-50(73)45(60-37-68)32-40-20-22-42(23-21-40)79-28-15-12-16-31-80(8,9)10)49(72)38(2)55(24-29-78-30-25-55)53(76)62-44(19-13-14-27-66(6)39(3)69)51(74)64-56(57,34-47(58)70)54(77)63-46(33-41-18-17-26-59-35-41)52(75)67(7)36-48(71)65(4)5;1-3-2;1-2-3;4*1-2/h17-18,20-23,26,35,37-38,43-46H,11-16,19,24-25,27-34,36H2,1-10H3,(H6-,58,60,61,62,63,64,68,70,73,74,76,77);3H,1H2,2H3;2H,1H3;4*1-2H3/p+1/t38?,43-,44-,45-,46-,56-;;;;;;/m0....../s1. The summed E-state index contributed by atoms with van der Waals surface area (Å²) < 4.78 is 11.6. The lowest BCUT2D eigenvalue weighted by Crippen LogP contribution is -2.66. The lowest BCUT2D eigenvalue weighted by Gasteiger charge is -2.42. The number of rotatable bonds is 35. The van der Waals surface area contributed by atoms with E-state index in [-0.39, 0.29) is 70.6 Å². The van der Waals surface area contributed by atoms with Gasteiger partial charge < -0.3 is 61.3 Å². The number of pyridine rings is 1. The van der Waals surface area contributed by atoms with Crippen molar-refractivity contribution < 1.29 is 62.2 Å². The molecule has 1 saturated heterocycles. The Hall–Kier alpha value is -7.07. The number of carbonyl (C=O) groups excluding carboxylic acids is 11. The zero-order chi connectivity index (χ0) is 73.2. The van der Waals surface area contributed by atoms with Crippen LogP contribution in [0.4, 0.5) is 0 Å². The summed E-state index contributed by atoms with van der Waals surface area (Å²) in [6.45, 7) is 35.0. The fourth-order valence-corrected chi connectivity index (χ4v) is 10.4. The molecule has 2 heterocycles. The highest BCUT2D eigenvalue weighted by molar-refractivity contribution is 7.73. The highest BCUT2D eigenvalue weighted by Gasteiger charge is 2.50. The van der Waals surface area contributed by atoms with E-state index in [0.29, 0.717) is 37.3 Å². The van der Waals surface area contributed by atoms with E-state index in [4.69, 9.17) is 27.8 Å². The van der Waals surface area contributed by atoms with Crippen LogP contribution in [-0.2, 0) is 70.3 Å². The van der Waals surface area contributed by atoms with E-state index < -0.39 is 102 Å². The summed E-state index contributed by atoms with van der Waals surface area (Å²) in [4.78, 5) is 152. The van der Waals surface area contributed by atoms with Gasteiger partial charge in [0.05, 0.1) is 36.2 Å². The van der Waals surface area contributed by atoms with E-state index >= 15 is 0 Å². The van der Waals surface area contributed by atoms with Crippen molar-refractivity contribution in [3.63, 3.8) is 0 Å². The molecule has 2 radical (unpaired) electrons. The number of nitrogens with zero attached hydrogens (tertiary/aromatic N) is 4. The van der Waals surface area contributed by atoms with Crippen molar-refractivity contribution in [2.24, 2.45) is 17.1 Å². The molecule has 0 spiro atoms. The first-order valence-electron chi connectivity index (χ1n) is 33.2. The van der Waals surface area contributed by atoms with E-state index in [0.717, 1.165) is 29.6 Å². The molecule has 532 valence electrons. The third kappa shape index (κ3) is 37.1. The van der Waals surface area contributed by atoms with Gasteiger partial charge in [0.25, 0.3) is 0 Å². The number of aromatic nitrogens is 1. The van der Waals surface area contributed by atoms with Crippen LogP contribution in [0.1, 0.15) is 165 Å². The summed E-state index contributed by atoms with van der Waals surface area (Å²) in [5.74, 6) is -6.85. The van der Waals surface area contributed by atoms with E-state index in [1.54, 1.807) is 51.2 Å². The molecular weight excluding hydrogens is 1220 g/mol. The molecule has 0 saturated carbocycles. The maximum Gasteiger partial charge on any atom is 0.245 e. The molecule has 6 atom stereocenters. The van der Waals surface area contributed by atoms with Crippen LogP contribution in [0.5, 0.6) is 5.75 Å². The average Bonchev–Trinajstić information content (AvgIpc) is 0.782. The van der Waals surface area contributed by atoms with Crippen LogP contribution in [0.25, 0.3) is 0 Å². The number of benzene rings is 1. The molecule has 0 bridgehead atoms. The van der Waals surface area contributed by atoms with Crippen molar-refractivity contribution in [3.05, 3.63) is 72.6 Å². The molecule has 0 aliphatic carbocycles. The number of allylic oxidation sites excluding steroid dienone is 1. The summed E-state index contributed by atoms with van der Waals surface area (Å²) in [7, 11) is 11.8. The van der Waals surface area contributed by atoms with E-state index in [1.165, 1.54) is 69.8 Å². The maximum atomic E-state index is 15.0. The van der Waals surface area contributed by atoms with E-state index in [1.807, 2.05) is 74.4 Å². The minimum Gasteiger partial charge on any atom is -0.494 e. The Labute approximate surface area is 566 Å². The summed E-state index contributed by atoms with van der Waals surface area (Å²) >= 11 is 0. The van der Waals surface area contributed by atoms with E-state index in [2.05, 4.69) is 58.1 Å². The molecule has 1 aromatic heterocycles. The van der Waals surface area contributed by atoms with Gasteiger partial charge in [0, 0.05) is 120 Å². The van der Waals surface area contributed by atoms with Gasteiger partial charge in [0.1, 0.15) is 38.0 Å². The van der Waals surface area contributed by atoms with Crippen LogP contribution < -0.4 is 37.1 Å². The third-order valence-corrected chi connectivity index (χ3v) is 16.1. The van der Waals surface area contributed by atoms with Crippen molar-refractivity contribution in [1.82, 2.24) is 46.3 Å². The Balaban J connectivity index is -0.00000268. The molecular formula is C69H121BN10O13P+. The largest absolute Gasteiger partial charge is 0.494 e. The van der Waals surface area contributed by atoms with E-state index in [9.17, 15) is 47.9 Å². The van der Waals surface area contributed by atoms with Crippen LogP contribution in [-0.4, -0.2) is 210 Å². The zero-order valence-electron chi connectivity index (χ0n) is 60.9. The SMILES string of the molecule is C=CC.CC.CC.CC.CC.CC=O.[B][C@@](CC(N)=O)(NC(=O)[C@H](CCCCN(C)C(C)=O)NC(=O)C1(C(C)C(=O)[C@H](CC)NC(=O)[C@H](Cc2ccc(OCCCCC[P+](C)(C)C)cc2)NC=O)CCOCC1)C(=O)N[C@@H](Cc1cccnc1)C(=O)N(C)CC(=O)N(C)C. The first kappa shape index (κ1) is 93.3. The molecule has 1 aliphatic rings. The van der Waals surface area contributed by atoms with Crippen LogP contribution in [0, 0.1) is 11.3 Å². The second kappa shape index (κ2) is 53.2. The number of likely N-dealkylation sites (N-methyl/N-ethyl adjacent to an activating group) is 2. The fourth-order valence-electron chi connectivity index (χ4n) is 9.25. The van der Waals surface area contributed by atoms with Gasteiger partial charge in [-0.15, -0.1) is 6.58 Å².